The number of hydrogen-bond acceptors (Lipinski definition) is 4. The molecule has 0 spiro atoms. The predicted molar refractivity (Wildman–Crippen MR) is 112 cm³/mol. The van der Waals surface area contributed by atoms with Crippen LogP contribution in [-0.4, -0.2) is 20.2 Å². The second-order valence-electron chi connectivity index (χ2n) is 7.24. The highest BCUT2D eigenvalue weighted by molar-refractivity contribution is 9.10. The van der Waals surface area contributed by atoms with Gasteiger partial charge in [0, 0.05) is 14.9 Å². The van der Waals surface area contributed by atoms with Crippen LogP contribution in [0.4, 0.5) is 4.39 Å². The zero-order valence-electron chi connectivity index (χ0n) is 15.4. The summed E-state index contributed by atoms with van der Waals surface area (Å²) in [5, 5.41) is 9.60. The number of rotatable bonds is 5. The number of nitrogens with zero attached hydrogens (tertiary/aromatic N) is 2. The first-order valence-corrected chi connectivity index (χ1v) is 10.9. The molecule has 9 heteroatoms. The number of carbonyl (C=O) groups is 1. The Morgan fingerprint density at radius 1 is 1.21 bits per heavy atom. The molecule has 0 radical (unpaired) electrons. The van der Waals surface area contributed by atoms with E-state index in [4.69, 9.17) is 0 Å². The summed E-state index contributed by atoms with van der Waals surface area (Å²) < 4.78 is 16.9. The van der Waals surface area contributed by atoms with Crippen molar-refractivity contribution in [2.24, 2.45) is 0 Å². The van der Waals surface area contributed by atoms with Gasteiger partial charge in [0.05, 0.1) is 11.9 Å². The summed E-state index contributed by atoms with van der Waals surface area (Å²) in [6, 6.07) is 6.16. The number of halogens is 2. The molecule has 1 saturated carbocycles. The molecule has 3 aromatic rings. The standard InChI is InChI=1S/C20H18BrFN2O4S/c21-13-6-5-12(15(22)7-13)9-23-18(27)14-8-16(11-3-1-2-4-11)29-19(14)24(20(23)28)10-17(25)26/h5-8,11H,1-4,9-10H2,(H,25,26). The fourth-order valence-corrected chi connectivity index (χ4v) is 5.51. The summed E-state index contributed by atoms with van der Waals surface area (Å²) in [6.45, 7) is -0.815. The monoisotopic (exact) mass is 480 g/mol. The van der Waals surface area contributed by atoms with E-state index in [0.717, 1.165) is 39.7 Å². The van der Waals surface area contributed by atoms with Crippen molar-refractivity contribution in [2.75, 3.05) is 0 Å². The van der Waals surface area contributed by atoms with Gasteiger partial charge in [-0.3, -0.25) is 18.7 Å². The van der Waals surface area contributed by atoms with E-state index in [1.807, 2.05) is 0 Å². The van der Waals surface area contributed by atoms with Crippen LogP contribution in [0.15, 0.2) is 38.3 Å². The summed E-state index contributed by atoms with van der Waals surface area (Å²) in [5.41, 5.74) is -1.08. The molecule has 0 saturated heterocycles. The first kappa shape index (κ1) is 20.0. The second kappa shape index (κ2) is 7.87. The van der Waals surface area contributed by atoms with Gasteiger partial charge in [-0.2, -0.15) is 0 Å². The maximum absolute atomic E-state index is 14.3. The van der Waals surface area contributed by atoms with Crippen LogP contribution in [0.1, 0.15) is 42.0 Å². The minimum atomic E-state index is -1.18. The number of carboxylic acids is 1. The quantitative estimate of drug-likeness (QED) is 0.599. The molecule has 1 fully saturated rings. The van der Waals surface area contributed by atoms with Crippen LogP contribution in [0.25, 0.3) is 10.2 Å². The molecular formula is C20H18BrFN2O4S. The van der Waals surface area contributed by atoms with Crippen LogP contribution in [0.2, 0.25) is 0 Å². The normalized spacial score (nSPS) is 14.7. The fourth-order valence-electron chi connectivity index (χ4n) is 3.86. The average Bonchev–Trinajstić information content (AvgIpc) is 3.33. The van der Waals surface area contributed by atoms with Gasteiger partial charge in [-0.25, -0.2) is 9.18 Å². The van der Waals surface area contributed by atoms with Crippen LogP contribution in [-0.2, 0) is 17.9 Å². The van der Waals surface area contributed by atoms with Crippen LogP contribution < -0.4 is 11.2 Å². The van der Waals surface area contributed by atoms with Crippen molar-refractivity contribution in [1.82, 2.24) is 9.13 Å². The third kappa shape index (κ3) is 3.81. The lowest BCUT2D eigenvalue weighted by Gasteiger charge is -2.11. The van der Waals surface area contributed by atoms with E-state index in [1.165, 1.54) is 23.5 Å². The van der Waals surface area contributed by atoms with Crippen LogP contribution >= 0.6 is 27.3 Å². The number of hydrogen-bond donors (Lipinski definition) is 1. The van der Waals surface area contributed by atoms with Gasteiger partial charge in [-0.15, -0.1) is 11.3 Å². The van der Waals surface area contributed by atoms with Gasteiger partial charge in [0.2, 0.25) is 0 Å². The van der Waals surface area contributed by atoms with Gasteiger partial charge in [0.25, 0.3) is 5.56 Å². The van der Waals surface area contributed by atoms with Crippen molar-refractivity contribution in [3.8, 4) is 0 Å². The molecule has 152 valence electrons. The number of benzene rings is 1. The topological polar surface area (TPSA) is 81.3 Å². The summed E-state index contributed by atoms with van der Waals surface area (Å²) in [4.78, 5) is 38.8. The molecule has 4 rings (SSSR count). The van der Waals surface area contributed by atoms with Crippen molar-refractivity contribution < 1.29 is 14.3 Å². The molecule has 1 aliphatic carbocycles. The van der Waals surface area contributed by atoms with E-state index in [2.05, 4.69) is 15.9 Å². The van der Waals surface area contributed by atoms with Gasteiger partial charge >= 0.3 is 11.7 Å². The molecule has 0 amide bonds. The lowest BCUT2D eigenvalue weighted by atomic mass is 10.1. The van der Waals surface area contributed by atoms with Crippen molar-refractivity contribution >= 4 is 43.5 Å². The van der Waals surface area contributed by atoms with Crippen LogP contribution in [0.3, 0.4) is 0 Å². The summed E-state index contributed by atoms with van der Waals surface area (Å²) in [7, 11) is 0. The lowest BCUT2D eigenvalue weighted by Crippen LogP contribution is -2.41. The molecule has 2 heterocycles. The molecule has 29 heavy (non-hydrogen) atoms. The molecule has 1 aliphatic rings. The maximum atomic E-state index is 14.3. The molecule has 0 aliphatic heterocycles. The Morgan fingerprint density at radius 2 is 1.93 bits per heavy atom. The molecule has 1 aromatic carbocycles. The fraction of sp³-hybridized carbons (Fsp3) is 0.350. The third-order valence-electron chi connectivity index (χ3n) is 5.31. The van der Waals surface area contributed by atoms with E-state index in [-0.39, 0.29) is 12.1 Å². The van der Waals surface area contributed by atoms with Crippen molar-refractivity contribution in [3.05, 3.63) is 65.8 Å². The van der Waals surface area contributed by atoms with E-state index in [1.54, 1.807) is 12.1 Å². The highest BCUT2D eigenvalue weighted by atomic mass is 79.9. The van der Waals surface area contributed by atoms with Crippen LogP contribution in [0.5, 0.6) is 0 Å². The van der Waals surface area contributed by atoms with Crippen molar-refractivity contribution in [1.29, 1.82) is 0 Å². The first-order valence-electron chi connectivity index (χ1n) is 9.28. The molecule has 6 nitrogen and oxygen atoms in total. The van der Waals surface area contributed by atoms with Gasteiger partial charge in [0.1, 0.15) is 17.2 Å². The SMILES string of the molecule is O=C(O)Cn1c(=O)n(Cc2ccc(Br)cc2F)c(=O)c2cc(C3CCCC3)sc21. The van der Waals surface area contributed by atoms with E-state index in [0.29, 0.717) is 20.6 Å². The van der Waals surface area contributed by atoms with Gasteiger partial charge in [0.15, 0.2) is 0 Å². The Balaban J connectivity index is 1.90. The predicted octanol–water partition coefficient (Wildman–Crippen LogP) is 3.92. The summed E-state index contributed by atoms with van der Waals surface area (Å²) >= 11 is 4.50. The first-order chi connectivity index (χ1) is 13.8. The largest absolute Gasteiger partial charge is 0.480 e. The van der Waals surface area contributed by atoms with E-state index >= 15 is 0 Å². The summed E-state index contributed by atoms with van der Waals surface area (Å²) in [5.74, 6) is -1.39. The number of aliphatic carboxylic acids is 1. The lowest BCUT2D eigenvalue weighted by molar-refractivity contribution is -0.137. The van der Waals surface area contributed by atoms with Gasteiger partial charge < -0.3 is 5.11 Å². The number of thiophene rings is 1. The summed E-state index contributed by atoms with van der Waals surface area (Å²) in [6.07, 6.45) is 4.28. The molecule has 0 atom stereocenters. The minimum absolute atomic E-state index is 0.180. The van der Waals surface area contributed by atoms with Crippen molar-refractivity contribution in [3.63, 3.8) is 0 Å². The molecule has 2 aromatic heterocycles. The zero-order chi connectivity index (χ0) is 20.7. The third-order valence-corrected chi connectivity index (χ3v) is 7.12. The maximum Gasteiger partial charge on any atom is 0.332 e. The van der Waals surface area contributed by atoms with E-state index < -0.39 is 29.6 Å². The Kier molecular flexibility index (Phi) is 5.44. The highest BCUT2D eigenvalue weighted by Gasteiger charge is 2.24. The van der Waals surface area contributed by atoms with Gasteiger partial charge in [-0.1, -0.05) is 34.8 Å². The average molecular weight is 481 g/mol. The molecule has 1 N–H and O–H groups in total. The smallest absolute Gasteiger partial charge is 0.332 e. The van der Waals surface area contributed by atoms with Gasteiger partial charge in [-0.05, 0) is 37.0 Å². The number of fused-ring (bicyclic) bond motifs is 1. The Labute approximate surface area is 177 Å². The Morgan fingerprint density at radius 3 is 2.59 bits per heavy atom. The van der Waals surface area contributed by atoms with Crippen molar-refractivity contribution in [2.45, 2.75) is 44.7 Å². The minimum Gasteiger partial charge on any atom is -0.480 e. The van der Waals surface area contributed by atoms with Crippen LogP contribution in [0, 0.1) is 5.82 Å². The zero-order valence-corrected chi connectivity index (χ0v) is 17.8. The molecular weight excluding hydrogens is 463 g/mol. The second-order valence-corrected chi connectivity index (χ2v) is 9.22. The Hall–Kier alpha value is -2.26. The highest BCUT2D eigenvalue weighted by Crippen LogP contribution is 2.39. The number of aromatic nitrogens is 2. The Bertz CT molecular complexity index is 1220. The van der Waals surface area contributed by atoms with E-state index in [9.17, 15) is 23.9 Å². The molecule has 0 unspecified atom stereocenters. The number of carboxylic acid groups (broad SMARTS) is 1. The molecule has 0 bridgehead atoms.